The smallest absolute Gasteiger partial charge is 1.00 e. The Labute approximate surface area is 210 Å². The van der Waals surface area contributed by atoms with E-state index in [1.165, 1.54) is 47.2 Å². The fraction of sp³-hybridized carbons (Fsp3) is 0.182. The van der Waals surface area contributed by atoms with Crippen LogP contribution in [0.15, 0.2) is 77.6 Å². The van der Waals surface area contributed by atoms with Crippen LogP contribution in [0, 0.1) is 0 Å². The number of fused-ring (bicyclic) bond motifs is 5. The zero-order valence-electron chi connectivity index (χ0n) is 15.2. The van der Waals surface area contributed by atoms with Gasteiger partial charge in [-0.25, -0.2) is 0 Å². The first-order valence-corrected chi connectivity index (χ1v) is 8.33. The second-order valence-corrected chi connectivity index (χ2v) is 6.09. The molecule has 3 aromatic carbocycles. The molecule has 28 heavy (non-hydrogen) atoms. The van der Waals surface area contributed by atoms with Crippen molar-refractivity contribution in [2.45, 2.75) is 25.7 Å². The van der Waals surface area contributed by atoms with Crippen LogP contribution in [0.3, 0.4) is 0 Å². The van der Waals surface area contributed by atoms with Gasteiger partial charge in [0.1, 0.15) is 0 Å². The second-order valence-electron chi connectivity index (χ2n) is 6.09. The third-order valence-electron chi connectivity index (χ3n) is 4.68. The van der Waals surface area contributed by atoms with E-state index in [2.05, 4.69) is 52.9 Å². The van der Waals surface area contributed by atoms with Gasteiger partial charge in [0.2, 0.25) is 0 Å². The third-order valence-corrected chi connectivity index (χ3v) is 4.68. The fourth-order valence-corrected chi connectivity index (χ4v) is 3.57. The molecular weight excluding hydrogens is 513 g/mol. The van der Waals surface area contributed by atoms with E-state index in [1.54, 1.807) is 23.7 Å². The van der Waals surface area contributed by atoms with Crippen LogP contribution in [0.5, 0.6) is 0 Å². The van der Waals surface area contributed by atoms with E-state index in [0.717, 1.165) is 0 Å². The van der Waals surface area contributed by atoms with E-state index < -0.39 is 0 Å². The minimum Gasteiger partial charge on any atom is -1.00 e. The minimum atomic E-state index is 0. The van der Waals surface area contributed by atoms with Crippen LogP contribution < -0.4 is 49.6 Å². The van der Waals surface area contributed by atoms with Crippen molar-refractivity contribution in [1.29, 1.82) is 0 Å². The molecule has 0 spiro atoms. The van der Waals surface area contributed by atoms with Crippen LogP contribution in [0.1, 0.15) is 24.0 Å². The number of halogens is 4. The summed E-state index contributed by atoms with van der Waals surface area (Å²) in [7, 11) is 0. The predicted octanol–water partition coefficient (Wildman–Crippen LogP) is -5.84. The molecule has 5 rings (SSSR count). The molecule has 1 nitrogen and oxygen atoms in total. The Kier molecular flexibility index (Phi) is 15.4. The van der Waals surface area contributed by atoms with Gasteiger partial charge in [0.25, 0.3) is 0 Å². The minimum absolute atomic E-state index is 0. The molecule has 0 radical (unpaired) electrons. The summed E-state index contributed by atoms with van der Waals surface area (Å²) in [5, 5.41) is 5.64. The molecule has 4 aromatic rings. The van der Waals surface area contributed by atoms with Crippen molar-refractivity contribution >= 4 is 21.5 Å². The summed E-state index contributed by atoms with van der Waals surface area (Å²) in [5.41, 5.74) is 3.17. The molecule has 0 N–H and O–H groups in total. The summed E-state index contributed by atoms with van der Waals surface area (Å²) in [6, 6.07) is 21.6. The molecule has 1 heterocycles. The number of hydrogen-bond acceptors (Lipinski definition) is 1. The van der Waals surface area contributed by atoms with Crippen LogP contribution in [-0.4, -0.2) is 0 Å². The first-order valence-electron chi connectivity index (χ1n) is 8.33. The Hall–Kier alpha value is -0.497. The standard InChI is InChI=1S/C18H16.C4H4O.4ClH.Zr/c1-3-7-15-13(5-1)9-11-18-16-8-4-2-6-14(16)10-12-17(15)18;1-2-4-5-3-1;;;;;/h1,3,5,7,9-12H,2,4,6,8H2;1-4H;4*1H;/q;;;;;;+4/p-4. The van der Waals surface area contributed by atoms with Gasteiger partial charge in [0, 0.05) is 0 Å². The van der Waals surface area contributed by atoms with E-state index in [-0.39, 0.29) is 75.8 Å². The van der Waals surface area contributed by atoms with Gasteiger partial charge < -0.3 is 54.0 Å². The first kappa shape index (κ1) is 29.7. The molecule has 0 amide bonds. The third kappa shape index (κ3) is 6.51. The van der Waals surface area contributed by atoms with Crippen LogP contribution in [0.4, 0.5) is 0 Å². The Balaban J connectivity index is 0. The van der Waals surface area contributed by atoms with Gasteiger partial charge in [0.05, 0.1) is 12.5 Å². The zero-order valence-corrected chi connectivity index (χ0v) is 20.7. The van der Waals surface area contributed by atoms with Crippen molar-refractivity contribution in [3.8, 4) is 0 Å². The number of benzene rings is 3. The Bertz CT molecular complexity index is 925. The van der Waals surface area contributed by atoms with Crippen molar-refractivity contribution in [3.63, 3.8) is 0 Å². The maximum Gasteiger partial charge on any atom is 4.00 e. The SMILES string of the molecule is [Cl-].[Cl-].[Cl-].[Cl-].[Zr+4].c1ccc2c(c1)ccc1c3c(ccc12)CCCC3.c1ccoc1. The van der Waals surface area contributed by atoms with Gasteiger partial charge in [-0.05, 0) is 70.5 Å². The number of hydrogen-bond donors (Lipinski definition) is 0. The average molecular weight is 533 g/mol. The van der Waals surface area contributed by atoms with Gasteiger partial charge in [-0.2, -0.15) is 0 Å². The molecule has 0 bridgehead atoms. The molecule has 0 fully saturated rings. The summed E-state index contributed by atoms with van der Waals surface area (Å²) in [5.74, 6) is 0. The van der Waals surface area contributed by atoms with E-state index >= 15 is 0 Å². The van der Waals surface area contributed by atoms with Crippen LogP contribution in [0.2, 0.25) is 0 Å². The molecule has 1 aliphatic carbocycles. The van der Waals surface area contributed by atoms with Gasteiger partial charge in [0.15, 0.2) is 0 Å². The molecule has 6 heteroatoms. The quantitative estimate of drug-likeness (QED) is 0.206. The van der Waals surface area contributed by atoms with Crippen LogP contribution in [0.25, 0.3) is 21.5 Å². The molecule has 0 unspecified atom stereocenters. The Morgan fingerprint density at radius 1 is 0.571 bits per heavy atom. The monoisotopic (exact) mass is 530 g/mol. The molecule has 0 atom stereocenters. The van der Waals surface area contributed by atoms with Gasteiger partial charge in [-0.15, -0.1) is 0 Å². The van der Waals surface area contributed by atoms with Gasteiger partial charge in [-0.1, -0.05) is 48.5 Å². The van der Waals surface area contributed by atoms with Crippen molar-refractivity contribution in [2.75, 3.05) is 0 Å². The summed E-state index contributed by atoms with van der Waals surface area (Å²) in [6.45, 7) is 0. The summed E-state index contributed by atoms with van der Waals surface area (Å²) >= 11 is 0. The fourth-order valence-electron chi connectivity index (χ4n) is 3.57. The number of furan rings is 1. The molecular formula is C22H20Cl4OZr. The van der Waals surface area contributed by atoms with E-state index in [1.807, 2.05) is 12.1 Å². The second kappa shape index (κ2) is 14.5. The number of rotatable bonds is 0. The molecule has 0 saturated heterocycles. The van der Waals surface area contributed by atoms with Gasteiger partial charge in [-0.3, -0.25) is 0 Å². The largest absolute Gasteiger partial charge is 4.00 e. The van der Waals surface area contributed by atoms with E-state index in [0.29, 0.717) is 0 Å². The molecule has 146 valence electrons. The maximum absolute atomic E-state index is 4.58. The average Bonchev–Trinajstić information content (AvgIpc) is 3.21. The van der Waals surface area contributed by atoms with Gasteiger partial charge >= 0.3 is 26.2 Å². The molecule has 1 aromatic heterocycles. The zero-order chi connectivity index (χ0) is 15.5. The Morgan fingerprint density at radius 3 is 1.89 bits per heavy atom. The summed E-state index contributed by atoms with van der Waals surface area (Å²) in [4.78, 5) is 0. The van der Waals surface area contributed by atoms with Crippen molar-refractivity contribution in [2.24, 2.45) is 0 Å². The number of aryl methyl sites for hydroxylation is 2. The van der Waals surface area contributed by atoms with Crippen molar-refractivity contribution in [3.05, 3.63) is 84.3 Å². The molecule has 0 aliphatic heterocycles. The van der Waals surface area contributed by atoms with Crippen LogP contribution in [-0.2, 0) is 39.0 Å². The van der Waals surface area contributed by atoms with Crippen molar-refractivity contribution in [1.82, 2.24) is 0 Å². The Morgan fingerprint density at radius 2 is 1.21 bits per heavy atom. The van der Waals surface area contributed by atoms with Crippen LogP contribution >= 0.6 is 0 Å². The summed E-state index contributed by atoms with van der Waals surface area (Å²) < 4.78 is 4.58. The van der Waals surface area contributed by atoms with Crippen molar-refractivity contribution < 1.29 is 80.2 Å². The molecule has 1 aliphatic rings. The maximum atomic E-state index is 4.58. The topological polar surface area (TPSA) is 13.1 Å². The first-order chi connectivity index (χ1) is 11.4. The van der Waals surface area contributed by atoms with E-state index in [4.69, 9.17) is 0 Å². The molecule has 0 saturated carbocycles. The normalized spacial score (nSPS) is 11.0. The summed E-state index contributed by atoms with van der Waals surface area (Å²) in [6.07, 6.45) is 8.47. The predicted molar refractivity (Wildman–Crippen MR) is 96.8 cm³/mol. The van der Waals surface area contributed by atoms with E-state index in [9.17, 15) is 0 Å².